The first-order valence-corrected chi connectivity index (χ1v) is 12.6. The summed E-state index contributed by atoms with van der Waals surface area (Å²) in [5, 5.41) is 9.91. The Morgan fingerprint density at radius 1 is 1.08 bits per heavy atom. The second-order valence-corrected chi connectivity index (χ2v) is 9.92. The van der Waals surface area contributed by atoms with Gasteiger partial charge in [-0.05, 0) is 37.1 Å². The first-order chi connectivity index (χ1) is 17.7. The Hall–Kier alpha value is -3.28. The molecule has 0 spiro atoms. The van der Waals surface area contributed by atoms with Gasteiger partial charge in [-0.15, -0.1) is 11.3 Å². The van der Waals surface area contributed by atoms with Crippen LogP contribution in [0.4, 0.5) is 13.2 Å². The lowest BCUT2D eigenvalue weighted by atomic mass is 9.80. The first kappa shape index (κ1) is 25.4. The van der Waals surface area contributed by atoms with Crippen LogP contribution in [0.5, 0.6) is 0 Å². The molecule has 192 valence electrons. The van der Waals surface area contributed by atoms with Gasteiger partial charge in [-0.25, -0.2) is 4.98 Å². The van der Waals surface area contributed by atoms with Crippen LogP contribution in [0.15, 0.2) is 58.4 Å². The highest BCUT2D eigenvalue weighted by Crippen LogP contribution is 2.38. The standard InChI is InChI=1S/C25H20ClF3N4O3S/c26-18-6-4-15(5-7-18)19-13-37-23(31-19)24(8-10-35-11-9-24)14-30-21(34)17-3-1-2-16(12-17)20-32-22(36-33-20)25(27,28)29/h1-7,12-13H,8-11,14H2,(H,30,34). The van der Waals surface area contributed by atoms with Crippen molar-refractivity contribution in [3.05, 3.63) is 75.4 Å². The van der Waals surface area contributed by atoms with E-state index in [2.05, 4.69) is 20.0 Å². The third-order valence-corrected chi connectivity index (χ3v) is 7.53. The van der Waals surface area contributed by atoms with E-state index in [1.54, 1.807) is 12.1 Å². The summed E-state index contributed by atoms with van der Waals surface area (Å²) < 4.78 is 48.3. The number of benzene rings is 2. The number of aromatic nitrogens is 3. The third kappa shape index (κ3) is 5.53. The van der Waals surface area contributed by atoms with Gasteiger partial charge in [0.05, 0.1) is 5.69 Å². The molecule has 0 unspecified atom stereocenters. The van der Waals surface area contributed by atoms with Crippen molar-refractivity contribution < 1.29 is 27.2 Å². The van der Waals surface area contributed by atoms with Crippen molar-refractivity contribution in [3.8, 4) is 22.6 Å². The number of nitrogens with one attached hydrogen (secondary N) is 1. The fourth-order valence-electron chi connectivity index (χ4n) is 4.11. The maximum absolute atomic E-state index is 13.1. The van der Waals surface area contributed by atoms with Gasteiger partial charge in [-0.3, -0.25) is 4.79 Å². The molecule has 2 aromatic carbocycles. The highest BCUT2D eigenvalue weighted by molar-refractivity contribution is 7.10. The Morgan fingerprint density at radius 2 is 1.84 bits per heavy atom. The molecule has 37 heavy (non-hydrogen) atoms. The van der Waals surface area contributed by atoms with Crippen LogP contribution in [0.25, 0.3) is 22.6 Å². The van der Waals surface area contributed by atoms with E-state index >= 15 is 0 Å². The van der Waals surface area contributed by atoms with Crippen LogP contribution in [0.2, 0.25) is 5.02 Å². The molecule has 1 amide bonds. The van der Waals surface area contributed by atoms with E-state index in [1.807, 2.05) is 29.6 Å². The van der Waals surface area contributed by atoms with E-state index in [0.717, 1.165) is 16.3 Å². The number of nitrogens with zero attached hydrogens (tertiary/aromatic N) is 3. The normalized spacial score (nSPS) is 15.5. The topological polar surface area (TPSA) is 90.1 Å². The summed E-state index contributed by atoms with van der Waals surface area (Å²) in [5.41, 5.74) is 1.88. The number of amides is 1. The van der Waals surface area contributed by atoms with Crippen molar-refractivity contribution in [1.29, 1.82) is 0 Å². The molecule has 4 aromatic rings. The number of halogens is 4. The minimum atomic E-state index is -4.75. The van der Waals surface area contributed by atoms with E-state index in [-0.39, 0.29) is 22.9 Å². The predicted octanol–water partition coefficient (Wildman–Crippen LogP) is 6.01. The number of rotatable bonds is 6. The maximum atomic E-state index is 13.1. The number of carbonyl (C=O) groups is 1. The number of thiazole rings is 1. The Balaban J connectivity index is 1.34. The predicted molar refractivity (Wildman–Crippen MR) is 131 cm³/mol. The van der Waals surface area contributed by atoms with Crippen LogP contribution < -0.4 is 5.32 Å². The Labute approximate surface area is 218 Å². The summed E-state index contributed by atoms with van der Waals surface area (Å²) in [5.74, 6) is -2.07. The molecule has 0 bridgehead atoms. The van der Waals surface area contributed by atoms with Gasteiger partial charge in [0.15, 0.2) is 0 Å². The van der Waals surface area contributed by atoms with Crippen molar-refractivity contribution >= 4 is 28.8 Å². The average molecular weight is 549 g/mol. The average Bonchev–Trinajstić information content (AvgIpc) is 3.60. The van der Waals surface area contributed by atoms with E-state index < -0.39 is 17.5 Å². The Kier molecular flexibility index (Phi) is 7.02. The summed E-state index contributed by atoms with van der Waals surface area (Å²) >= 11 is 7.54. The molecule has 7 nitrogen and oxygen atoms in total. The summed E-state index contributed by atoms with van der Waals surface area (Å²) in [6, 6.07) is 13.5. The Morgan fingerprint density at radius 3 is 2.54 bits per heavy atom. The lowest BCUT2D eigenvalue weighted by Gasteiger charge is -2.35. The molecule has 5 rings (SSSR count). The van der Waals surface area contributed by atoms with Gasteiger partial charge in [0.2, 0.25) is 5.82 Å². The second-order valence-electron chi connectivity index (χ2n) is 8.62. The molecular formula is C25H20ClF3N4O3S. The van der Waals surface area contributed by atoms with Gasteiger partial charge in [0, 0.05) is 52.3 Å². The van der Waals surface area contributed by atoms with E-state index in [4.69, 9.17) is 21.3 Å². The molecule has 1 saturated heterocycles. The zero-order chi connectivity index (χ0) is 26.0. The van der Waals surface area contributed by atoms with Gasteiger partial charge >= 0.3 is 12.1 Å². The van der Waals surface area contributed by atoms with Crippen LogP contribution in [-0.4, -0.2) is 40.8 Å². The van der Waals surface area contributed by atoms with Crippen LogP contribution in [0.3, 0.4) is 0 Å². The smallest absolute Gasteiger partial charge is 0.381 e. The molecule has 0 aliphatic carbocycles. The van der Waals surface area contributed by atoms with E-state index in [1.165, 1.54) is 23.5 Å². The van der Waals surface area contributed by atoms with Crippen molar-refractivity contribution in [2.24, 2.45) is 0 Å². The summed E-state index contributed by atoms with van der Waals surface area (Å²) in [6.45, 7) is 1.41. The molecule has 1 N–H and O–H groups in total. The monoisotopic (exact) mass is 548 g/mol. The molecule has 1 fully saturated rings. The molecule has 3 heterocycles. The van der Waals surface area contributed by atoms with E-state index in [0.29, 0.717) is 37.6 Å². The van der Waals surface area contributed by atoms with Gasteiger partial charge < -0.3 is 14.6 Å². The molecule has 0 atom stereocenters. The van der Waals surface area contributed by atoms with Crippen LogP contribution >= 0.6 is 22.9 Å². The lowest BCUT2D eigenvalue weighted by Crippen LogP contribution is -2.44. The van der Waals surface area contributed by atoms with Gasteiger partial charge in [0.1, 0.15) is 5.01 Å². The number of hydrogen-bond donors (Lipinski definition) is 1. The molecule has 12 heteroatoms. The number of ether oxygens (including phenoxy) is 1. The van der Waals surface area contributed by atoms with Crippen molar-refractivity contribution in [1.82, 2.24) is 20.4 Å². The zero-order valence-electron chi connectivity index (χ0n) is 19.2. The lowest BCUT2D eigenvalue weighted by molar-refractivity contribution is -0.159. The van der Waals surface area contributed by atoms with Gasteiger partial charge in [0.25, 0.3) is 5.91 Å². The van der Waals surface area contributed by atoms with Crippen molar-refractivity contribution in [2.75, 3.05) is 19.8 Å². The van der Waals surface area contributed by atoms with Gasteiger partial charge in [-0.1, -0.05) is 41.0 Å². The maximum Gasteiger partial charge on any atom is 0.471 e. The molecule has 1 aliphatic heterocycles. The number of hydrogen-bond acceptors (Lipinski definition) is 7. The largest absolute Gasteiger partial charge is 0.471 e. The van der Waals surface area contributed by atoms with Crippen molar-refractivity contribution in [3.63, 3.8) is 0 Å². The second kappa shape index (κ2) is 10.2. The SMILES string of the molecule is O=C(NCC1(c2nc(-c3ccc(Cl)cc3)cs2)CCOCC1)c1cccc(-c2noc(C(F)(F)F)n2)c1. The zero-order valence-corrected chi connectivity index (χ0v) is 20.8. The van der Waals surface area contributed by atoms with Crippen LogP contribution in [0.1, 0.15) is 34.1 Å². The van der Waals surface area contributed by atoms with Gasteiger partial charge in [-0.2, -0.15) is 18.2 Å². The number of alkyl halides is 3. The molecule has 0 saturated carbocycles. The number of carbonyl (C=O) groups excluding carboxylic acids is 1. The minimum Gasteiger partial charge on any atom is -0.381 e. The Bertz CT molecular complexity index is 1400. The highest BCUT2D eigenvalue weighted by atomic mass is 35.5. The summed E-state index contributed by atoms with van der Waals surface area (Å²) in [6.07, 6.45) is -3.38. The molecule has 0 radical (unpaired) electrons. The third-order valence-electron chi connectivity index (χ3n) is 6.19. The summed E-state index contributed by atoms with van der Waals surface area (Å²) in [7, 11) is 0. The van der Waals surface area contributed by atoms with Crippen LogP contribution in [-0.2, 0) is 16.3 Å². The fourth-order valence-corrected chi connectivity index (χ4v) is 5.32. The van der Waals surface area contributed by atoms with E-state index in [9.17, 15) is 18.0 Å². The molecule has 1 aliphatic rings. The quantitative estimate of drug-likeness (QED) is 0.317. The first-order valence-electron chi connectivity index (χ1n) is 11.3. The van der Waals surface area contributed by atoms with Crippen LogP contribution in [0, 0.1) is 0 Å². The van der Waals surface area contributed by atoms with Crippen molar-refractivity contribution in [2.45, 2.75) is 24.4 Å². The fraction of sp³-hybridized carbons (Fsp3) is 0.280. The minimum absolute atomic E-state index is 0.236. The summed E-state index contributed by atoms with van der Waals surface area (Å²) in [4.78, 5) is 21.3. The molecule has 2 aromatic heterocycles. The highest BCUT2D eigenvalue weighted by Gasteiger charge is 2.39. The molecular weight excluding hydrogens is 529 g/mol.